The summed E-state index contributed by atoms with van der Waals surface area (Å²) in [6, 6.07) is 43.4. The van der Waals surface area contributed by atoms with Gasteiger partial charge in [0.2, 0.25) is 0 Å². The highest BCUT2D eigenvalue weighted by atomic mass is 16.7. The van der Waals surface area contributed by atoms with Crippen LogP contribution >= 0.6 is 0 Å². The minimum atomic E-state index is -0.0540. The summed E-state index contributed by atoms with van der Waals surface area (Å²) in [5.74, 6) is 4.15. The number of unbranched alkanes of at least 4 members (excludes halogenated alkanes) is 1. The predicted octanol–water partition coefficient (Wildman–Crippen LogP) is 11.8. The number of benzene rings is 6. The van der Waals surface area contributed by atoms with E-state index in [0.717, 1.165) is 119 Å². The Labute approximate surface area is 413 Å². The number of phenolic OH excluding ortho intramolecular Hbond substituents is 1. The normalized spacial score (nSPS) is 13.2. The van der Waals surface area contributed by atoms with Gasteiger partial charge >= 0.3 is 0 Å². The number of aromatic hydroxyl groups is 1. The number of hydrogen-bond acceptors (Lipinski definition) is 12. The number of ether oxygens (including phenoxy) is 9. The Morgan fingerprint density at radius 3 is 1.31 bits per heavy atom. The summed E-state index contributed by atoms with van der Waals surface area (Å²) in [5, 5.41) is 27.9. The molecule has 0 amide bonds. The van der Waals surface area contributed by atoms with Gasteiger partial charge < -0.3 is 58.0 Å². The Morgan fingerprint density at radius 1 is 0.457 bits per heavy atom. The molecule has 1 fully saturated rings. The smallest absolute Gasteiger partial charge is 0.189 e. The maximum Gasteiger partial charge on any atom is 0.189 e. The molecule has 0 radical (unpaired) electrons. The summed E-state index contributed by atoms with van der Waals surface area (Å²) >= 11 is 0. The van der Waals surface area contributed by atoms with Gasteiger partial charge in [-0.2, -0.15) is 0 Å². The van der Waals surface area contributed by atoms with Gasteiger partial charge in [-0.05, 0) is 155 Å². The van der Waals surface area contributed by atoms with Gasteiger partial charge in [-0.25, -0.2) is 0 Å². The van der Waals surface area contributed by atoms with Gasteiger partial charge in [0.05, 0.1) is 46.2 Å². The maximum atomic E-state index is 10.2. The van der Waals surface area contributed by atoms with Crippen LogP contribution in [0.3, 0.4) is 0 Å². The number of methoxy groups -OCH3 is 1. The van der Waals surface area contributed by atoms with E-state index in [0.29, 0.717) is 52.5 Å². The van der Waals surface area contributed by atoms with Gasteiger partial charge in [0.25, 0.3) is 0 Å². The highest BCUT2D eigenvalue weighted by molar-refractivity contribution is 5.77. The molecule has 0 spiro atoms. The van der Waals surface area contributed by atoms with E-state index < -0.39 is 0 Å². The van der Waals surface area contributed by atoms with Crippen LogP contribution in [-0.4, -0.2) is 102 Å². The van der Waals surface area contributed by atoms with Crippen LogP contribution in [0.25, 0.3) is 44.5 Å². The first-order valence-electron chi connectivity index (χ1n) is 24.5. The topological polar surface area (TPSA) is 144 Å². The number of aliphatic hydroxyl groups excluding tert-OH is 2. The molecule has 12 nitrogen and oxygen atoms in total. The molecule has 0 bridgehead atoms. The molecule has 7 rings (SSSR count). The van der Waals surface area contributed by atoms with Crippen molar-refractivity contribution in [2.75, 3.05) is 80.0 Å². The minimum absolute atomic E-state index is 0.0540. The standard InChI is InChI=1S/C34H44O7.C24H26O5/c1-3-4-17-37-31-13-9-27(10-14-31)29-23-30(25-33(24-29)41-26-36-22-21-35-2)28-11-15-32(16-12-28)38-19-7-20-40-34-8-5-6-18-39-34;25-11-1-13-28-23-7-3-18(4-8-23)20-15-21(17-22(27)16-20)19-5-9-24(10-6-19)29-14-2-12-26/h9-16,23-25,34H,3-8,17-22,26H2,1-2H3;3-10,15-17,25-27H,1-2,11-14H2. The lowest BCUT2D eigenvalue weighted by molar-refractivity contribution is -0.163. The van der Waals surface area contributed by atoms with E-state index in [9.17, 15) is 5.11 Å². The van der Waals surface area contributed by atoms with E-state index in [1.165, 1.54) is 6.42 Å². The van der Waals surface area contributed by atoms with Crippen molar-refractivity contribution in [3.63, 3.8) is 0 Å². The van der Waals surface area contributed by atoms with E-state index in [4.69, 9.17) is 52.8 Å². The molecule has 0 saturated carbocycles. The number of aliphatic hydroxyl groups is 2. The van der Waals surface area contributed by atoms with E-state index in [-0.39, 0.29) is 32.0 Å². The Hall–Kier alpha value is -6.12. The fourth-order valence-corrected chi connectivity index (χ4v) is 7.40. The van der Waals surface area contributed by atoms with Crippen molar-refractivity contribution < 1.29 is 58.0 Å². The van der Waals surface area contributed by atoms with Gasteiger partial charge in [0, 0.05) is 46.2 Å². The molecule has 0 aliphatic carbocycles. The van der Waals surface area contributed by atoms with Crippen LogP contribution in [0.1, 0.15) is 58.3 Å². The molecule has 6 aromatic carbocycles. The van der Waals surface area contributed by atoms with Crippen LogP contribution in [0.2, 0.25) is 0 Å². The lowest BCUT2D eigenvalue weighted by Gasteiger charge is -2.22. The second-order valence-electron chi connectivity index (χ2n) is 16.7. The summed E-state index contributed by atoms with van der Waals surface area (Å²) in [4.78, 5) is 0. The molecule has 70 heavy (non-hydrogen) atoms. The van der Waals surface area contributed by atoms with Crippen LogP contribution in [0, 0.1) is 0 Å². The van der Waals surface area contributed by atoms with Gasteiger partial charge in [0.1, 0.15) is 34.5 Å². The molecule has 0 aromatic heterocycles. The zero-order chi connectivity index (χ0) is 49.0. The van der Waals surface area contributed by atoms with Crippen LogP contribution in [0.15, 0.2) is 133 Å². The van der Waals surface area contributed by atoms with Crippen molar-refractivity contribution >= 4 is 0 Å². The zero-order valence-electron chi connectivity index (χ0n) is 40.7. The Bertz CT molecular complexity index is 2270. The summed E-state index contributed by atoms with van der Waals surface area (Å²) < 4.78 is 50.9. The first kappa shape index (κ1) is 53.2. The second kappa shape index (κ2) is 30.5. The fraction of sp³-hybridized carbons (Fsp3) is 0.379. The number of phenols is 1. The van der Waals surface area contributed by atoms with Crippen molar-refractivity contribution in [2.24, 2.45) is 0 Å². The minimum Gasteiger partial charge on any atom is -0.508 e. The van der Waals surface area contributed by atoms with Crippen molar-refractivity contribution in [3.8, 4) is 79.0 Å². The van der Waals surface area contributed by atoms with Crippen LogP contribution < -0.4 is 23.7 Å². The second-order valence-corrected chi connectivity index (χ2v) is 16.7. The maximum absolute atomic E-state index is 10.2. The van der Waals surface area contributed by atoms with E-state index in [1.54, 1.807) is 19.2 Å². The molecule has 1 aliphatic heterocycles. The molecule has 6 aromatic rings. The quantitative estimate of drug-likeness (QED) is 0.0318. The zero-order valence-corrected chi connectivity index (χ0v) is 40.7. The molecule has 1 unspecified atom stereocenters. The fourth-order valence-electron chi connectivity index (χ4n) is 7.40. The average molecular weight is 959 g/mol. The van der Waals surface area contributed by atoms with Gasteiger partial charge in [-0.1, -0.05) is 61.9 Å². The molecule has 1 saturated heterocycles. The van der Waals surface area contributed by atoms with E-state index >= 15 is 0 Å². The Morgan fingerprint density at radius 2 is 0.900 bits per heavy atom. The van der Waals surface area contributed by atoms with Crippen LogP contribution in [0.4, 0.5) is 0 Å². The third-order valence-electron chi connectivity index (χ3n) is 11.2. The largest absolute Gasteiger partial charge is 0.508 e. The van der Waals surface area contributed by atoms with Gasteiger partial charge in [-0.3, -0.25) is 0 Å². The first-order chi connectivity index (χ1) is 34.4. The summed E-state index contributed by atoms with van der Waals surface area (Å²) in [5.41, 5.74) is 8.01. The monoisotopic (exact) mass is 958 g/mol. The average Bonchev–Trinajstić information content (AvgIpc) is 3.40. The van der Waals surface area contributed by atoms with Crippen LogP contribution in [-0.2, 0) is 18.9 Å². The third kappa shape index (κ3) is 18.3. The SMILES string of the molecule is CCCCOc1ccc(-c2cc(OCOCCOC)cc(-c3ccc(OCCCOC4CCCCO4)cc3)c2)cc1.OCCCOc1ccc(-c2cc(O)cc(-c3ccc(OCCCO)cc3)c2)cc1. The molecule has 1 aliphatic rings. The molecular formula is C58H70O12. The van der Waals surface area contributed by atoms with Crippen molar-refractivity contribution in [3.05, 3.63) is 133 Å². The van der Waals surface area contributed by atoms with Crippen molar-refractivity contribution in [2.45, 2.75) is 64.6 Å². The lowest BCUT2D eigenvalue weighted by atomic mass is 9.98. The molecule has 1 atom stereocenters. The highest BCUT2D eigenvalue weighted by Gasteiger charge is 2.14. The third-order valence-corrected chi connectivity index (χ3v) is 11.2. The molecule has 1 heterocycles. The molecule has 12 heteroatoms. The summed E-state index contributed by atoms with van der Waals surface area (Å²) in [7, 11) is 1.65. The highest BCUT2D eigenvalue weighted by Crippen LogP contribution is 2.35. The Kier molecular flexibility index (Phi) is 23.2. The Balaban J connectivity index is 0.000000244. The molecule has 374 valence electrons. The van der Waals surface area contributed by atoms with Crippen LogP contribution in [0.5, 0.6) is 34.5 Å². The van der Waals surface area contributed by atoms with E-state index in [1.807, 2.05) is 91.0 Å². The lowest BCUT2D eigenvalue weighted by Crippen LogP contribution is -2.23. The number of hydrogen-bond donors (Lipinski definition) is 3. The predicted molar refractivity (Wildman–Crippen MR) is 274 cm³/mol. The summed E-state index contributed by atoms with van der Waals surface area (Å²) in [6.07, 6.45) is 7.41. The van der Waals surface area contributed by atoms with Gasteiger partial charge in [0.15, 0.2) is 13.1 Å². The molecule has 3 N–H and O–H groups in total. The van der Waals surface area contributed by atoms with E-state index in [2.05, 4.69) is 37.3 Å². The van der Waals surface area contributed by atoms with Crippen molar-refractivity contribution in [1.29, 1.82) is 0 Å². The summed E-state index contributed by atoms with van der Waals surface area (Å²) in [6.45, 7) is 7.26. The van der Waals surface area contributed by atoms with Crippen molar-refractivity contribution in [1.82, 2.24) is 0 Å². The molecular weight excluding hydrogens is 889 g/mol. The first-order valence-corrected chi connectivity index (χ1v) is 24.5. The van der Waals surface area contributed by atoms with Gasteiger partial charge in [-0.15, -0.1) is 0 Å². The number of rotatable bonds is 28.